The fourth-order valence-electron chi connectivity index (χ4n) is 5.90. The van der Waals surface area contributed by atoms with Crippen molar-refractivity contribution in [1.82, 2.24) is 10.2 Å². The number of hydrogen-bond acceptors (Lipinski definition) is 7. The van der Waals surface area contributed by atoms with Crippen LogP contribution in [0.25, 0.3) is 0 Å². The molecule has 0 saturated carbocycles. The Morgan fingerprint density at radius 2 is 1.55 bits per heavy atom. The molecule has 2 amide bonds. The van der Waals surface area contributed by atoms with Crippen LogP contribution in [0.4, 0.5) is 0 Å². The zero-order valence-corrected chi connectivity index (χ0v) is 25.3. The van der Waals surface area contributed by atoms with Crippen LogP contribution in [0, 0.1) is 5.92 Å². The minimum Gasteiger partial charge on any atom is -0.455 e. The third-order valence-corrected chi connectivity index (χ3v) is 9.88. The molecular weight excluding hydrogens is 580 g/mol. The van der Waals surface area contributed by atoms with Crippen LogP contribution in [0.2, 0.25) is 0 Å². The van der Waals surface area contributed by atoms with E-state index >= 15 is 0 Å². The van der Waals surface area contributed by atoms with Crippen molar-refractivity contribution in [2.75, 3.05) is 5.75 Å². The first kappa shape index (κ1) is 30.9. The largest absolute Gasteiger partial charge is 0.455 e. The summed E-state index contributed by atoms with van der Waals surface area (Å²) in [4.78, 5) is 54.6. The van der Waals surface area contributed by atoms with Gasteiger partial charge in [-0.05, 0) is 16.7 Å². The lowest BCUT2D eigenvalue weighted by atomic mass is 9.80. The number of amides is 2. The quantitative estimate of drug-likeness (QED) is 0.211. The van der Waals surface area contributed by atoms with Crippen LogP contribution < -0.4 is 5.32 Å². The molecule has 3 aromatic carbocycles. The van der Waals surface area contributed by atoms with Crippen LogP contribution in [-0.4, -0.2) is 61.7 Å². The Bertz CT molecular complexity index is 1530. The molecule has 10 heteroatoms. The monoisotopic (exact) mass is 614 g/mol. The molecule has 5 rings (SSSR count). The SMILES string of the molecule is C=CC(C)[C@]1(OC(C)=O)CS(=O)[C@@H]2[C@H](NC(=O)Cc3ccccc3)C(=O)N2[C@H]1C(=O)OC(c1ccccc1)c1ccccc1. The average molecular weight is 615 g/mol. The van der Waals surface area contributed by atoms with Crippen molar-refractivity contribution in [2.24, 2.45) is 5.92 Å². The smallest absolute Gasteiger partial charge is 0.334 e. The van der Waals surface area contributed by atoms with E-state index in [2.05, 4.69) is 11.9 Å². The molecule has 2 aliphatic rings. The molecule has 2 heterocycles. The maximum atomic E-state index is 14.4. The summed E-state index contributed by atoms with van der Waals surface area (Å²) in [5.74, 6) is -3.54. The van der Waals surface area contributed by atoms with Gasteiger partial charge in [0.25, 0.3) is 0 Å². The van der Waals surface area contributed by atoms with Gasteiger partial charge in [0.2, 0.25) is 11.8 Å². The molecule has 0 radical (unpaired) electrons. The highest BCUT2D eigenvalue weighted by atomic mass is 32.2. The number of benzene rings is 3. The average Bonchev–Trinajstić information content (AvgIpc) is 3.02. The van der Waals surface area contributed by atoms with Crippen molar-refractivity contribution in [3.05, 3.63) is 120 Å². The van der Waals surface area contributed by atoms with E-state index in [9.17, 15) is 23.4 Å². The molecule has 6 atom stereocenters. The number of nitrogens with one attached hydrogen (secondary N) is 1. The van der Waals surface area contributed by atoms with Gasteiger partial charge in [-0.15, -0.1) is 6.58 Å². The minimum atomic E-state index is -1.81. The van der Waals surface area contributed by atoms with E-state index in [4.69, 9.17) is 9.47 Å². The van der Waals surface area contributed by atoms with Gasteiger partial charge in [-0.1, -0.05) is 104 Å². The number of β-lactam (4-membered cyclic amide) rings is 1. The van der Waals surface area contributed by atoms with E-state index in [1.807, 2.05) is 66.7 Å². The lowest BCUT2D eigenvalue weighted by molar-refractivity contribution is -0.195. The summed E-state index contributed by atoms with van der Waals surface area (Å²) in [6.45, 7) is 6.71. The molecule has 0 spiro atoms. The Hall–Kier alpha value is -4.57. The van der Waals surface area contributed by atoms with Gasteiger partial charge in [-0.2, -0.15) is 0 Å². The number of nitrogens with zero attached hydrogens (tertiary/aromatic N) is 1. The van der Waals surface area contributed by atoms with Crippen molar-refractivity contribution >= 4 is 34.6 Å². The maximum Gasteiger partial charge on any atom is 0.334 e. The third-order valence-electron chi connectivity index (χ3n) is 8.10. The highest BCUT2D eigenvalue weighted by molar-refractivity contribution is 7.86. The second-order valence-corrected chi connectivity index (χ2v) is 12.5. The second-order valence-electron chi connectivity index (χ2n) is 11.0. The predicted octanol–water partition coefficient (Wildman–Crippen LogP) is 3.47. The van der Waals surface area contributed by atoms with Gasteiger partial charge in [0.1, 0.15) is 11.4 Å². The van der Waals surface area contributed by atoms with Gasteiger partial charge in [0, 0.05) is 12.8 Å². The van der Waals surface area contributed by atoms with E-state index in [1.165, 1.54) is 13.0 Å². The van der Waals surface area contributed by atoms with Crippen LogP contribution in [0.15, 0.2) is 104 Å². The molecule has 1 N–H and O–H groups in total. The fourth-order valence-corrected chi connectivity index (χ4v) is 7.97. The van der Waals surface area contributed by atoms with Crippen molar-refractivity contribution in [3.8, 4) is 0 Å². The summed E-state index contributed by atoms with van der Waals surface area (Å²) < 4.78 is 25.8. The first-order chi connectivity index (χ1) is 21.2. The Morgan fingerprint density at radius 3 is 2.07 bits per heavy atom. The summed E-state index contributed by atoms with van der Waals surface area (Å²) >= 11 is 0. The van der Waals surface area contributed by atoms with E-state index in [1.54, 1.807) is 31.2 Å². The van der Waals surface area contributed by atoms with E-state index < -0.39 is 69.6 Å². The van der Waals surface area contributed by atoms with Crippen LogP contribution in [-0.2, 0) is 45.9 Å². The standard InChI is InChI=1S/C34H34N2O7S/c1-4-22(2)34(43-23(3)37)21-44(41)32-28(35-27(38)20-24-14-8-5-9-15-24)31(39)36(32)30(34)33(40)42-29(25-16-10-6-11-17-25)26-18-12-7-13-19-26/h4-19,22,28-30,32H,1,20-21H2,2-3H3,(H,35,38)/t22?,28-,30+,32-,34-,44?/m1/s1. The Morgan fingerprint density at radius 1 is 1.00 bits per heavy atom. The molecule has 0 aliphatic carbocycles. The lowest BCUT2D eigenvalue weighted by Crippen LogP contribution is -2.83. The van der Waals surface area contributed by atoms with Crippen LogP contribution in [0.3, 0.4) is 0 Å². The van der Waals surface area contributed by atoms with Gasteiger partial charge in [-0.25, -0.2) is 4.79 Å². The molecule has 2 aliphatic heterocycles. The van der Waals surface area contributed by atoms with E-state index in [0.29, 0.717) is 11.1 Å². The highest BCUT2D eigenvalue weighted by Gasteiger charge is 2.68. The molecule has 2 fully saturated rings. The molecule has 3 aromatic rings. The zero-order valence-electron chi connectivity index (χ0n) is 24.5. The van der Waals surface area contributed by atoms with Crippen LogP contribution in [0.1, 0.15) is 36.6 Å². The first-order valence-corrected chi connectivity index (χ1v) is 15.7. The van der Waals surface area contributed by atoms with Gasteiger partial charge >= 0.3 is 11.9 Å². The van der Waals surface area contributed by atoms with Crippen LogP contribution in [0.5, 0.6) is 0 Å². The van der Waals surface area contributed by atoms with Crippen molar-refractivity contribution in [1.29, 1.82) is 0 Å². The number of hydrogen-bond donors (Lipinski definition) is 1. The molecule has 0 bridgehead atoms. The van der Waals surface area contributed by atoms with Crippen molar-refractivity contribution in [2.45, 2.75) is 49.4 Å². The normalized spacial score (nSPS) is 24.8. The number of carbonyl (C=O) groups is 4. The molecule has 2 saturated heterocycles. The number of rotatable bonds is 10. The van der Waals surface area contributed by atoms with Gasteiger partial charge < -0.3 is 19.7 Å². The summed E-state index contributed by atoms with van der Waals surface area (Å²) in [6.07, 6.45) is 0.675. The topological polar surface area (TPSA) is 119 Å². The third kappa shape index (κ3) is 5.94. The lowest BCUT2D eigenvalue weighted by Gasteiger charge is -2.58. The number of fused-ring (bicyclic) bond motifs is 1. The molecule has 0 aromatic heterocycles. The van der Waals surface area contributed by atoms with Gasteiger partial charge in [-0.3, -0.25) is 18.6 Å². The second kappa shape index (κ2) is 13.0. The maximum absolute atomic E-state index is 14.4. The van der Waals surface area contributed by atoms with Crippen molar-refractivity contribution in [3.63, 3.8) is 0 Å². The Labute approximate surface area is 258 Å². The van der Waals surface area contributed by atoms with E-state index in [0.717, 1.165) is 10.5 Å². The summed E-state index contributed by atoms with van der Waals surface area (Å²) in [6, 6.07) is 24.7. The van der Waals surface area contributed by atoms with Gasteiger partial charge in [0.05, 0.1) is 23.0 Å². The van der Waals surface area contributed by atoms with Crippen LogP contribution >= 0.6 is 0 Å². The number of carbonyl (C=O) groups excluding carboxylic acids is 4. The Balaban J connectivity index is 1.50. The van der Waals surface area contributed by atoms with E-state index in [-0.39, 0.29) is 12.2 Å². The molecule has 228 valence electrons. The predicted molar refractivity (Wildman–Crippen MR) is 164 cm³/mol. The summed E-state index contributed by atoms with van der Waals surface area (Å²) in [5, 5.41) is 1.68. The fraction of sp³-hybridized carbons (Fsp3) is 0.294. The first-order valence-electron chi connectivity index (χ1n) is 14.3. The highest BCUT2D eigenvalue weighted by Crippen LogP contribution is 2.44. The summed E-state index contributed by atoms with van der Waals surface area (Å²) in [7, 11) is -1.81. The molecular formula is C34H34N2O7S. The molecule has 2 unspecified atom stereocenters. The number of ether oxygens (including phenoxy) is 2. The molecule has 44 heavy (non-hydrogen) atoms. The van der Waals surface area contributed by atoms with Gasteiger partial charge in [0.15, 0.2) is 17.7 Å². The van der Waals surface area contributed by atoms with Crippen molar-refractivity contribution < 1.29 is 32.9 Å². The minimum absolute atomic E-state index is 0.0240. The molecule has 9 nitrogen and oxygen atoms in total. The Kier molecular flexibility index (Phi) is 9.10. The summed E-state index contributed by atoms with van der Waals surface area (Å²) in [5.41, 5.74) is 0.414. The number of esters is 2. The zero-order chi connectivity index (χ0) is 31.4.